The average Bonchev–Trinajstić information content (AvgIpc) is 2.64. The second kappa shape index (κ2) is 7.77. The molecule has 5 nitrogen and oxygen atoms in total. The predicted octanol–water partition coefficient (Wildman–Crippen LogP) is 4.11. The summed E-state index contributed by atoms with van der Waals surface area (Å²) in [5.74, 6) is 0.194. The summed E-state index contributed by atoms with van der Waals surface area (Å²) in [4.78, 5) is 20.5. The van der Waals surface area contributed by atoms with Crippen LogP contribution in [0, 0.1) is 6.92 Å². The average molecular weight is 353 g/mol. The number of amides is 1. The van der Waals surface area contributed by atoms with Crippen LogP contribution in [-0.2, 0) is 6.54 Å². The van der Waals surface area contributed by atoms with Crippen LogP contribution in [0.4, 0.5) is 11.6 Å². The molecule has 0 saturated heterocycles. The smallest absolute Gasteiger partial charge is 0.254 e. The van der Waals surface area contributed by atoms with Gasteiger partial charge in [0, 0.05) is 29.6 Å². The van der Waals surface area contributed by atoms with E-state index in [1.165, 1.54) is 12.4 Å². The molecule has 126 valence electrons. The van der Waals surface area contributed by atoms with Crippen molar-refractivity contribution in [2.24, 2.45) is 0 Å². The third-order valence-corrected chi connectivity index (χ3v) is 3.89. The zero-order valence-electron chi connectivity index (χ0n) is 13.7. The lowest BCUT2D eigenvalue weighted by molar-refractivity contribution is 0.0950. The van der Waals surface area contributed by atoms with Gasteiger partial charge in [0.05, 0.1) is 5.56 Å². The van der Waals surface area contributed by atoms with E-state index in [4.69, 9.17) is 11.6 Å². The monoisotopic (exact) mass is 352 g/mol. The Bertz CT molecular complexity index is 866. The summed E-state index contributed by atoms with van der Waals surface area (Å²) in [6.45, 7) is 2.42. The van der Waals surface area contributed by atoms with Crippen molar-refractivity contribution in [2.45, 2.75) is 13.5 Å². The Morgan fingerprint density at radius 2 is 1.80 bits per heavy atom. The van der Waals surface area contributed by atoms with E-state index in [1.807, 2.05) is 49.4 Å². The zero-order valence-corrected chi connectivity index (χ0v) is 14.4. The number of benzene rings is 2. The topological polar surface area (TPSA) is 66.9 Å². The van der Waals surface area contributed by atoms with Crippen molar-refractivity contribution in [3.8, 4) is 0 Å². The van der Waals surface area contributed by atoms with Crippen LogP contribution in [0.5, 0.6) is 0 Å². The fourth-order valence-electron chi connectivity index (χ4n) is 2.24. The number of anilines is 2. The molecule has 0 aliphatic carbocycles. The van der Waals surface area contributed by atoms with Crippen molar-refractivity contribution < 1.29 is 4.79 Å². The maximum Gasteiger partial charge on any atom is 0.254 e. The number of aryl methyl sites for hydroxylation is 1. The summed E-state index contributed by atoms with van der Waals surface area (Å²) >= 11 is 6.00. The maximum atomic E-state index is 12.2. The molecule has 0 bridgehead atoms. The van der Waals surface area contributed by atoms with Crippen LogP contribution < -0.4 is 10.6 Å². The van der Waals surface area contributed by atoms with Gasteiger partial charge in [-0.05, 0) is 30.2 Å². The van der Waals surface area contributed by atoms with Gasteiger partial charge < -0.3 is 10.6 Å². The van der Waals surface area contributed by atoms with Gasteiger partial charge in [-0.3, -0.25) is 4.79 Å². The van der Waals surface area contributed by atoms with Gasteiger partial charge in [0.25, 0.3) is 5.91 Å². The number of nitrogens with zero attached hydrogens (tertiary/aromatic N) is 2. The van der Waals surface area contributed by atoms with Crippen molar-refractivity contribution in [2.75, 3.05) is 5.32 Å². The minimum atomic E-state index is -0.214. The predicted molar refractivity (Wildman–Crippen MR) is 99.1 cm³/mol. The molecule has 0 fully saturated rings. The maximum absolute atomic E-state index is 12.2. The fraction of sp³-hybridized carbons (Fsp3) is 0.105. The number of carbonyl (C=O) groups is 1. The fourth-order valence-corrected chi connectivity index (χ4v) is 2.41. The molecule has 0 aliphatic heterocycles. The molecule has 25 heavy (non-hydrogen) atoms. The third-order valence-electron chi connectivity index (χ3n) is 3.66. The van der Waals surface area contributed by atoms with Gasteiger partial charge in [0.15, 0.2) is 0 Å². The molecular weight excluding hydrogens is 336 g/mol. The highest BCUT2D eigenvalue weighted by molar-refractivity contribution is 6.30. The highest BCUT2D eigenvalue weighted by Gasteiger charge is 2.08. The first kappa shape index (κ1) is 16.9. The number of hydrogen-bond acceptors (Lipinski definition) is 4. The molecule has 0 unspecified atom stereocenters. The first-order valence-corrected chi connectivity index (χ1v) is 8.17. The van der Waals surface area contributed by atoms with Gasteiger partial charge in [-0.25, -0.2) is 9.97 Å². The summed E-state index contributed by atoms with van der Waals surface area (Å²) < 4.78 is 0. The summed E-state index contributed by atoms with van der Waals surface area (Å²) in [7, 11) is 0. The first-order valence-electron chi connectivity index (χ1n) is 7.79. The Labute approximate surface area is 151 Å². The van der Waals surface area contributed by atoms with Crippen LogP contribution in [0.3, 0.4) is 0 Å². The standard InChI is InChI=1S/C19H17ClN4O/c1-13-7-8-16(20)9-17(13)24-19-22-11-15(12-23-19)18(25)21-10-14-5-3-2-4-6-14/h2-9,11-12H,10H2,1H3,(H,21,25)(H,22,23,24). The molecule has 1 aromatic heterocycles. The summed E-state index contributed by atoms with van der Waals surface area (Å²) in [5.41, 5.74) is 3.29. The lowest BCUT2D eigenvalue weighted by atomic mass is 10.2. The number of halogens is 1. The van der Waals surface area contributed by atoms with E-state index in [0.29, 0.717) is 23.1 Å². The van der Waals surface area contributed by atoms with Crippen LogP contribution in [0.1, 0.15) is 21.5 Å². The minimum absolute atomic E-state index is 0.214. The first-order chi connectivity index (χ1) is 12.1. The SMILES string of the molecule is Cc1ccc(Cl)cc1Nc1ncc(C(=O)NCc2ccccc2)cn1. The summed E-state index contributed by atoms with van der Waals surface area (Å²) in [6.07, 6.45) is 2.99. The highest BCUT2D eigenvalue weighted by Crippen LogP contribution is 2.22. The molecule has 1 heterocycles. The van der Waals surface area contributed by atoms with Crippen molar-refractivity contribution in [1.29, 1.82) is 0 Å². The Morgan fingerprint density at radius 1 is 1.08 bits per heavy atom. The Morgan fingerprint density at radius 3 is 2.52 bits per heavy atom. The Kier molecular flexibility index (Phi) is 5.26. The van der Waals surface area contributed by atoms with Gasteiger partial charge in [-0.1, -0.05) is 48.0 Å². The van der Waals surface area contributed by atoms with Crippen molar-refractivity contribution in [3.63, 3.8) is 0 Å². The quantitative estimate of drug-likeness (QED) is 0.725. The van der Waals surface area contributed by atoms with Crippen LogP contribution in [0.15, 0.2) is 60.9 Å². The lowest BCUT2D eigenvalue weighted by Crippen LogP contribution is -2.23. The summed E-state index contributed by atoms with van der Waals surface area (Å²) in [6, 6.07) is 15.3. The van der Waals surface area contributed by atoms with Crippen molar-refractivity contribution in [1.82, 2.24) is 15.3 Å². The van der Waals surface area contributed by atoms with Gasteiger partial charge in [0.1, 0.15) is 0 Å². The number of aromatic nitrogens is 2. The molecule has 3 aromatic rings. The Hall–Kier alpha value is -2.92. The normalized spacial score (nSPS) is 10.3. The second-order valence-corrected chi connectivity index (χ2v) is 5.98. The van der Waals surface area contributed by atoms with Crippen LogP contribution in [0.25, 0.3) is 0 Å². The van der Waals surface area contributed by atoms with Crippen molar-refractivity contribution >= 4 is 29.1 Å². The number of hydrogen-bond donors (Lipinski definition) is 2. The molecular formula is C19H17ClN4O. The van der Waals surface area contributed by atoms with E-state index in [2.05, 4.69) is 20.6 Å². The molecule has 0 spiro atoms. The third kappa shape index (κ3) is 4.55. The van der Waals surface area contributed by atoms with Crippen LogP contribution in [-0.4, -0.2) is 15.9 Å². The van der Waals surface area contributed by atoms with E-state index in [-0.39, 0.29) is 5.91 Å². The van der Waals surface area contributed by atoms with Gasteiger partial charge in [0.2, 0.25) is 5.95 Å². The van der Waals surface area contributed by atoms with E-state index in [9.17, 15) is 4.79 Å². The zero-order chi connectivity index (χ0) is 17.6. The molecule has 6 heteroatoms. The number of nitrogens with one attached hydrogen (secondary N) is 2. The Balaban J connectivity index is 1.63. The molecule has 1 amide bonds. The number of carbonyl (C=O) groups excluding carboxylic acids is 1. The minimum Gasteiger partial charge on any atom is -0.348 e. The molecule has 0 saturated carbocycles. The van der Waals surface area contributed by atoms with E-state index < -0.39 is 0 Å². The van der Waals surface area contributed by atoms with E-state index >= 15 is 0 Å². The van der Waals surface area contributed by atoms with E-state index in [0.717, 1.165) is 16.8 Å². The molecule has 2 N–H and O–H groups in total. The largest absolute Gasteiger partial charge is 0.348 e. The summed E-state index contributed by atoms with van der Waals surface area (Å²) in [5, 5.41) is 6.57. The van der Waals surface area contributed by atoms with Gasteiger partial charge in [-0.15, -0.1) is 0 Å². The van der Waals surface area contributed by atoms with Crippen molar-refractivity contribution in [3.05, 3.63) is 82.6 Å². The molecule has 2 aromatic carbocycles. The van der Waals surface area contributed by atoms with Gasteiger partial charge in [-0.2, -0.15) is 0 Å². The highest BCUT2D eigenvalue weighted by atomic mass is 35.5. The van der Waals surface area contributed by atoms with Crippen LogP contribution in [0.2, 0.25) is 5.02 Å². The van der Waals surface area contributed by atoms with E-state index in [1.54, 1.807) is 6.07 Å². The molecule has 0 atom stereocenters. The molecule has 0 aliphatic rings. The second-order valence-electron chi connectivity index (χ2n) is 5.55. The molecule has 3 rings (SSSR count). The van der Waals surface area contributed by atoms with Gasteiger partial charge >= 0.3 is 0 Å². The molecule has 0 radical (unpaired) electrons. The van der Waals surface area contributed by atoms with Crippen LogP contribution >= 0.6 is 11.6 Å². The lowest BCUT2D eigenvalue weighted by Gasteiger charge is -2.09. The number of rotatable bonds is 5.